The van der Waals surface area contributed by atoms with Gasteiger partial charge in [0, 0.05) is 31.2 Å². The Labute approximate surface area is 122 Å². The first-order chi connectivity index (χ1) is 9.65. The van der Waals surface area contributed by atoms with Crippen molar-refractivity contribution in [3.05, 3.63) is 30.1 Å². The van der Waals surface area contributed by atoms with E-state index in [9.17, 15) is 4.39 Å². The van der Waals surface area contributed by atoms with Gasteiger partial charge in [-0.2, -0.15) is 0 Å². The van der Waals surface area contributed by atoms with Crippen molar-refractivity contribution in [2.24, 2.45) is 5.41 Å². The lowest BCUT2D eigenvalue weighted by molar-refractivity contribution is 0.287. The van der Waals surface area contributed by atoms with Gasteiger partial charge in [0.1, 0.15) is 5.82 Å². The first-order valence-electron chi connectivity index (χ1n) is 7.83. The summed E-state index contributed by atoms with van der Waals surface area (Å²) in [6.45, 7) is 5.46. The van der Waals surface area contributed by atoms with Crippen LogP contribution in [0.25, 0.3) is 0 Å². The van der Waals surface area contributed by atoms with Gasteiger partial charge in [-0.1, -0.05) is 19.8 Å². The summed E-state index contributed by atoms with van der Waals surface area (Å²) in [4.78, 5) is 2.28. The van der Waals surface area contributed by atoms with E-state index in [0.29, 0.717) is 5.41 Å². The molecule has 0 amide bonds. The quantitative estimate of drug-likeness (QED) is 0.763. The van der Waals surface area contributed by atoms with E-state index in [-0.39, 0.29) is 5.82 Å². The molecule has 112 valence electrons. The largest absolute Gasteiger partial charge is 0.374 e. The molecule has 0 aliphatic heterocycles. The predicted molar refractivity (Wildman–Crippen MR) is 83.7 cm³/mol. The van der Waals surface area contributed by atoms with E-state index in [1.807, 2.05) is 12.1 Å². The van der Waals surface area contributed by atoms with Gasteiger partial charge in [0.15, 0.2) is 0 Å². The Morgan fingerprint density at radius 1 is 1.20 bits per heavy atom. The van der Waals surface area contributed by atoms with Gasteiger partial charge in [0.05, 0.1) is 0 Å². The van der Waals surface area contributed by atoms with E-state index < -0.39 is 0 Å². The minimum atomic E-state index is -0.164. The molecule has 0 unspecified atom stereocenters. The summed E-state index contributed by atoms with van der Waals surface area (Å²) in [5.41, 5.74) is 1.49. The van der Waals surface area contributed by atoms with Gasteiger partial charge in [0.25, 0.3) is 0 Å². The van der Waals surface area contributed by atoms with Crippen LogP contribution in [0, 0.1) is 11.2 Å². The van der Waals surface area contributed by atoms with Crippen LogP contribution in [-0.2, 0) is 0 Å². The van der Waals surface area contributed by atoms with Gasteiger partial charge in [0.2, 0.25) is 0 Å². The highest BCUT2D eigenvalue weighted by atomic mass is 19.1. The number of nitrogens with zero attached hydrogens (tertiary/aromatic N) is 1. The van der Waals surface area contributed by atoms with Crippen LogP contribution in [-0.4, -0.2) is 26.7 Å². The Morgan fingerprint density at radius 3 is 2.45 bits per heavy atom. The smallest absolute Gasteiger partial charge is 0.123 e. The molecule has 1 fully saturated rings. The predicted octanol–water partition coefficient (Wildman–Crippen LogP) is 3.82. The third-order valence-corrected chi connectivity index (χ3v) is 4.43. The lowest BCUT2D eigenvalue weighted by Crippen LogP contribution is -2.41. The monoisotopic (exact) mass is 278 g/mol. The van der Waals surface area contributed by atoms with Crippen molar-refractivity contribution in [1.82, 2.24) is 5.32 Å². The maximum absolute atomic E-state index is 13.0. The molecule has 0 atom stereocenters. The first-order valence-corrected chi connectivity index (χ1v) is 7.83. The molecular weight excluding hydrogens is 251 g/mol. The molecular formula is C17H27FN2. The molecule has 1 N–H and O–H groups in total. The zero-order valence-electron chi connectivity index (χ0n) is 12.8. The fourth-order valence-electron chi connectivity index (χ4n) is 3.34. The molecule has 2 nitrogen and oxygen atoms in total. The van der Waals surface area contributed by atoms with E-state index in [1.165, 1.54) is 32.1 Å². The molecule has 1 saturated carbocycles. The van der Waals surface area contributed by atoms with E-state index in [1.54, 1.807) is 12.1 Å². The van der Waals surface area contributed by atoms with Gasteiger partial charge < -0.3 is 10.2 Å². The molecule has 1 aromatic carbocycles. The van der Waals surface area contributed by atoms with Crippen molar-refractivity contribution >= 4 is 5.69 Å². The molecule has 20 heavy (non-hydrogen) atoms. The zero-order chi connectivity index (χ0) is 14.4. The number of hydrogen-bond donors (Lipinski definition) is 1. The Hall–Kier alpha value is -1.09. The van der Waals surface area contributed by atoms with Crippen molar-refractivity contribution in [3.63, 3.8) is 0 Å². The molecule has 1 aromatic rings. The SMILES string of the molecule is CCCNCC1(CN(C)c2ccc(F)cc2)CCCC1. The molecule has 2 rings (SSSR count). The van der Waals surface area contributed by atoms with Crippen LogP contribution in [0.3, 0.4) is 0 Å². The van der Waals surface area contributed by atoms with Gasteiger partial charge in [-0.3, -0.25) is 0 Å². The Morgan fingerprint density at radius 2 is 1.85 bits per heavy atom. The Balaban J connectivity index is 1.98. The summed E-state index contributed by atoms with van der Waals surface area (Å²) in [7, 11) is 2.12. The maximum Gasteiger partial charge on any atom is 0.123 e. The van der Waals surface area contributed by atoms with Crippen LogP contribution in [0.15, 0.2) is 24.3 Å². The second-order valence-electron chi connectivity index (χ2n) is 6.22. The molecule has 0 heterocycles. The van der Waals surface area contributed by atoms with E-state index in [4.69, 9.17) is 0 Å². The van der Waals surface area contributed by atoms with Crippen molar-refractivity contribution in [1.29, 1.82) is 0 Å². The van der Waals surface area contributed by atoms with Crippen LogP contribution >= 0.6 is 0 Å². The van der Waals surface area contributed by atoms with Gasteiger partial charge >= 0.3 is 0 Å². The standard InChI is InChI=1S/C17H27FN2/c1-3-12-19-13-17(10-4-5-11-17)14-20(2)16-8-6-15(18)7-9-16/h6-9,19H,3-5,10-14H2,1-2H3. The molecule has 0 radical (unpaired) electrons. The minimum Gasteiger partial charge on any atom is -0.374 e. The van der Waals surface area contributed by atoms with Crippen LogP contribution in [0.4, 0.5) is 10.1 Å². The maximum atomic E-state index is 13.0. The highest BCUT2D eigenvalue weighted by Crippen LogP contribution is 2.38. The molecule has 1 aliphatic carbocycles. The summed E-state index contributed by atoms with van der Waals surface area (Å²) in [5, 5.41) is 3.60. The highest BCUT2D eigenvalue weighted by Gasteiger charge is 2.34. The van der Waals surface area contributed by atoms with Crippen LogP contribution < -0.4 is 10.2 Å². The van der Waals surface area contributed by atoms with E-state index in [0.717, 1.165) is 25.3 Å². The van der Waals surface area contributed by atoms with Gasteiger partial charge in [-0.25, -0.2) is 4.39 Å². The number of nitrogens with one attached hydrogen (secondary N) is 1. The first kappa shape index (κ1) is 15.3. The molecule has 1 aliphatic rings. The van der Waals surface area contributed by atoms with Crippen molar-refractivity contribution in [2.45, 2.75) is 39.0 Å². The average molecular weight is 278 g/mol. The number of halogens is 1. The van der Waals surface area contributed by atoms with Gasteiger partial charge in [-0.05, 0) is 50.1 Å². The fourth-order valence-corrected chi connectivity index (χ4v) is 3.34. The zero-order valence-corrected chi connectivity index (χ0v) is 12.8. The van der Waals surface area contributed by atoms with Crippen LogP contribution in [0.1, 0.15) is 39.0 Å². The second kappa shape index (κ2) is 7.07. The van der Waals surface area contributed by atoms with Gasteiger partial charge in [-0.15, -0.1) is 0 Å². The topological polar surface area (TPSA) is 15.3 Å². The van der Waals surface area contributed by atoms with E-state index >= 15 is 0 Å². The third-order valence-electron chi connectivity index (χ3n) is 4.43. The summed E-state index contributed by atoms with van der Waals surface area (Å²) in [6, 6.07) is 6.83. The van der Waals surface area contributed by atoms with Crippen LogP contribution in [0.5, 0.6) is 0 Å². The molecule has 3 heteroatoms. The van der Waals surface area contributed by atoms with Crippen molar-refractivity contribution in [2.75, 3.05) is 31.6 Å². The lowest BCUT2D eigenvalue weighted by atomic mass is 9.85. The lowest BCUT2D eigenvalue weighted by Gasteiger charge is -2.35. The Kier molecular flexibility index (Phi) is 5.41. The van der Waals surface area contributed by atoms with Crippen molar-refractivity contribution < 1.29 is 4.39 Å². The van der Waals surface area contributed by atoms with Crippen LogP contribution in [0.2, 0.25) is 0 Å². The average Bonchev–Trinajstić information content (AvgIpc) is 2.88. The minimum absolute atomic E-state index is 0.164. The summed E-state index contributed by atoms with van der Waals surface area (Å²) in [5.74, 6) is -0.164. The normalized spacial score (nSPS) is 17.4. The third kappa shape index (κ3) is 3.95. The molecule has 0 spiro atoms. The Bertz CT molecular complexity index is 396. The molecule has 0 saturated heterocycles. The number of anilines is 1. The van der Waals surface area contributed by atoms with E-state index in [2.05, 4.69) is 24.2 Å². The van der Waals surface area contributed by atoms with Crippen molar-refractivity contribution in [3.8, 4) is 0 Å². The highest BCUT2D eigenvalue weighted by molar-refractivity contribution is 5.45. The number of hydrogen-bond acceptors (Lipinski definition) is 2. The number of benzene rings is 1. The fraction of sp³-hybridized carbons (Fsp3) is 0.647. The number of rotatable bonds is 7. The second-order valence-corrected chi connectivity index (χ2v) is 6.22. The molecule has 0 bridgehead atoms. The molecule has 0 aromatic heterocycles. The summed E-state index contributed by atoms with van der Waals surface area (Å²) in [6.07, 6.45) is 6.46. The summed E-state index contributed by atoms with van der Waals surface area (Å²) >= 11 is 0. The summed E-state index contributed by atoms with van der Waals surface area (Å²) < 4.78 is 13.0.